The van der Waals surface area contributed by atoms with Gasteiger partial charge >= 0.3 is 0 Å². The van der Waals surface area contributed by atoms with Crippen molar-refractivity contribution in [3.63, 3.8) is 0 Å². The van der Waals surface area contributed by atoms with E-state index in [1.165, 1.54) is 6.08 Å². The van der Waals surface area contributed by atoms with Crippen LogP contribution >= 0.6 is 0 Å². The summed E-state index contributed by atoms with van der Waals surface area (Å²) in [4.78, 5) is 23.9. The Morgan fingerprint density at radius 2 is 1.92 bits per heavy atom. The van der Waals surface area contributed by atoms with Gasteiger partial charge in [0.1, 0.15) is 11.4 Å². The van der Waals surface area contributed by atoms with E-state index in [0.717, 1.165) is 18.4 Å². The molecule has 0 aliphatic heterocycles. The number of aromatic nitrogens is 1. The van der Waals surface area contributed by atoms with E-state index in [1.54, 1.807) is 32.1 Å². The molecule has 6 nitrogen and oxygen atoms in total. The molecule has 1 aliphatic rings. The molecule has 0 saturated heterocycles. The molecule has 24 heavy (non-hydrogen) atoms. The lowest BCUT2D eigenvalue weighted by atomic mass is 10.1. The van der Waals surface area contributed by atoms with Crippen LogP contribution in [0.25, 0.3) is 6.08 Å². The van der Waals surface area contributed by atoms with Crippen LogP contribution in [0, 0.1) is 13.8 Å². The predicted molar refractivity (Wildman–Crippen MR) is 90.6 cm³/mol. The zero-order valence-electron chi connectivity index (χ0n) is 13.6. The molecule has 0 bridgehead atoms. The van der Waals surface area contributed by atoms with Gasteiger partial charge in [-0.25, -0.2) is 0 Å². The van der Waals surface area contributed by atoms with E-state index in [1.807, 2.05) is 12.1 Å². The molecular weight excluding hydrogens is 306 g/mol. The van der Waals surface area contributed by atoms with Crippen molar-refractivity contribution >= 4 is 23.6 Å². The number of nitrogens with one attached hydrogen (secondary N) is 2. The first-order chi connectivity index (χ1) is 11.5. The van der Waals surface area contributed by atoms with Gasteiger partial charge < -0.3 is 15.2 Å². The van der Waals surface area contributed by atoms with Gasteiger partial charge in [0.2, 0.25) is 5.91 Å². The van der Waals surface area contributed by atoms with Crippen molar-refractivity contribution in [3.05, 3.63) is 52.9 Å². The Kier molecular flexibility index (Phi) is 4.46. The number of hydrogen-bond donors (Lipinski definition) is 2. The topological polar surface area (TPSA) is 84.2 Å². The van der Waals surface area contributed by atoms with Crippen molar-refractivity contribution in [1.82, 2.24) is 10.5 Å². The number of rotatable bonds is 5. The average Bonchev–Trinajstić information content (AvgIpc) is 3.34. The molecule has 1 fully saturated rings. The molecule has 0 radical (unpaired) electrons. The summed E-state index contributed by atoms with van der Waals surface area (Å²) in [6.45, 7) is 3.51. The van der Waals surface area contributed by atoms with Gasteiger partial charge in [-0.2, -0.15) is 0 Å². The van der Waals surface area contributed by atoms with Gasteiger partial charge in [0, 0.05) is 17.7 Å². The molecule has 1 aromatic heterocycles. The molecule has 1 saturated carbocycles. The third-order valence-corrected chi connectivity index (χ3v) is 3.79. The second kappa shape index (κ2) is 6.70. The third-order valence-electron chi connectivity index (χ3n) is 3.79. The molecule has 1 aromatic carbocycles. The second-order valence-electron chi connectivity index (χ2n) is 5.89. The van der Waals surface area contributed by atoms with Crippen molar-refractivity contribution in [2.45, 2.75) is 32.7 Å². The fraction of sp³-hybridized carbons (Fsp3) is 0.278. The Morgan fingerprint density at radius 3 is 2.50 bits per heavy atom. The fourth-order valence-electron chi connectivity index (χ4n) is 2.24. The molecule has 3 rings (SSSR count). The molecule has 124 valence electrons. The maximum absolute atomic E-state index is 12.0. The lowest BCUT2D eigenvalue weighted by Gasteiger charge is -2.03. The highest BCUT2D eigenvalue weighted by molar-refractivity contribution is 6.02. The lowest BCUT2D eigenvalue weighted by molar-refractivity contribution is -0.111. The van der Waals surface area contributed by atoms with Gasteiger partial charge in [-0.3, -0.25) is 9.59 Å². The number of anilines is 1. The van der Waals surface area contributed by atoms with Crippen LogP contribution in [-0.2, 0) is 4.79 Å². The van der Waals surface area contributed by atoms with Crippen molar-refractivity contribution in [3.8, 4) is 0 Å². The van der Waals surface area contributed by atoms with E-state index >= 15 is 0 Å². The number of benzene rings is 1. The molecule has 0 atom stereocenters. The van der Waals surface area contributed by atoms with Gasteiger partial charge in [-0.15, -0.1) is 0 Å². The Morgan fingerprint density at radius 1 is 1.21 bits per heavy atom. The Hall–Kier alpha value is -2.89. The largest absolute Gasteiger partial charge is 0.359 e. The predicted octanol–water partition coefficient (Wildman–Crippen LogP) is 2.84. The molecule has 1 aliphatic carbocycles. The minimum Gasteiger partial charge on any atom is -0.359 e. The van der Waals surface area contributed by atoms with Crippen molar-refractivity contribution in [2.75, 3.05) is 5.32 Å². The average molecular weight is 325 g/mol. The summed E-state index contributed by atoms with van der Waals surface area (Å²) in [5, 5.41) is 9.47. The molecule has 1 heterocycles. The lowest BCUT2D eigenvalue weighted by Crippen LogP contribution is -2.25. The van der Waals surface area contributed by atoms with E-state index < -0.39 is 0 Å². The summed E-state index contributed by atoms with van der Waals surface area (Å²) in [5.74, 6) is 0.254. The van der Waals surface area contributed by atoms with Crippen molar-refractivity contribution < 1.29 is 14.1 Å². The van der Waals surface area contributed by atoms with E-state index in [2.05, 4.69) is 15.8 Å². The quantitative estimate of drug-likeness (QED) is 0.828. The van der Waals surface area contributed by atoms with Gasteiger partial charge in [0.15, 0.2) is 5.76 Å². The number of carbonyl (C=O) groups excluding carboxylic acids is 2. The maximum Gasteiger partial charge on any atom is 0.251 e. The van der Waals surface area contributed by atoms with Gasteiger partial charge in [0.05, 0.1) is 0 Å². The van der Waals surface area contributed by atoms with Crippen LogP contribution in [0.3, 0.4) is 0 Å². The monoisotopic (exact) mass is 325 g/mol. The standard InChI is InChI=1S/C18H19N3O3/c1-11-17(12(2)24-21-11)20-16(22)10-5-13-3-6-14(7-4-13)18(23)19-15-8-9-15/h3-7,10,15H,8-9H2,1-2H3,(H,19,23)(H,20,22). The Balaban J connectivity index is 1.59. The first kappa shape index (κ1) is 16.0. The molecule has 2 aromatic rings. The Labute approximate surface area is 139 Å². The molecule has 0 unspecified atom stereocenters. The number of amides is 2. The smallest absolute Gasteiger partial charge is 0.251 e. The maximum atomic E-state index is 12.0. The van der Waals surface area contributed by atoms with Crippen LogP contribution in [0.4, 0.5) is 5.69 Å². The number of carbonyl (C=O) groups is 2. The van der Waals surface area contributed by atoms with Crippen LogP contribution < -0.4 is 10.6 Å². The minimum absolute atomic E-state index is 0.0517. The number of nitrogens with zero attached hydrogens (tertiary/aromatic N) is 1. The van der Waals surface area contributed by atoms with Crippen molar-refractivity contribution in [2.24, 2.45) is 0 Å². The molecule has 0 spiro atoms. The van der Waals surface area contributed by atoms with Gasteiger partial charge in [0.25, 0.3) is 5.91 Å². The summed E-state index contributed by atoms with van der Waals surface area (Å²) in [6.07, 6.45) is 5.25. The second-order valence-corrected chi connectivity index (χ2v) is 5.89. The third kappa shape index (κ3) is 3.90. The van der Waals surface area contributed by atoms with Crippen molar-refractivity contribution in [1.29, 1.82) is 0 Å². The molecular formula is C18H19N3O3. The first-order valence-electron chi connectivity index (χ1n) is 7.86. The van der Waals surface area contributed by atoms with E-state index in [0.29, 0.717) is 28.7 Å². The molecule has 2 amide bonds. The molecule has 6 heteroatoms. The first-order valence-corrected chi connectivity index (χ1v) is 7.86. The molecule has 2 N–H and O–H groups in total. The summed E-state index contributed by atoms with van der Waals surface area (Å²) in [7, 11) is 0. The number of hydrogen-bond acceptors (Lipinski definition) is 4. The zero-order chi connectivity index (χ0) is 17.1. The summed E-state index contributed by atoms with van der Waals surface area (Å²) < 4.78 is 5.00. The van der Waals surface area contributed by atoms with Crippen LogP contribution in [0.5, 0.6) is 0 Å². The van der Waals surface area contributed by atoms with Crippen LogP contribution in [0.15, 0.2) is 34.9 Å². The van der Waals surface area contributed by atoms with E-state index in [9.17, 15) is 9.59 Å². The minimum atomic E-state index is -0.264. The summed E-state index contributed by atoms with van der Waals surface area (Å²) in [5.41, 5.74) is 2.70. The summed E-state index contributed by atoms with van der Waals surface area (Å²) in [6, 6.07) is 7.46. The van der Waals surface area contributed by atoms with Crippen LogP contribution in [-0.4, -0.2) is 23.0 Å². The zero-order valence-corrected chi connectivity index (χ0v) is 13.6. The van der Waals surface area contributed by atoms with Gasteiger partial charge in [-0.05, 0) is 50.5 Å². The SMILES string of the molecule is Cc1noc(C)c1NC(=O)C=Cc1ccc(C(=O)NC2CC2)cc1. The highest BCUT2D eigenvalue weighted by atomic mass is 16.5. The highest BCUT2D eigenvalue weighted by Crippen LogP contribution is 2.20. The van der Waals surface area contributed by atoms with Crippen LogP contribution in [0.2, 0.25) is 0 Å². The summed E-state index contributed by atoms with van der Waals surface area (Å²) >= 11 is 0. The highest BCUT2D eigenvalue weighted by Gasteiger charge is 2.23. The van der Waals surface area contributed by atoms with E-state index in [-0.39, 0.29) is 11.8 Å². The fourth-order valence-corrected chi connectivity index (χ4v) is 2.24. The van der Waals surface area contributed by atoms with Crippen LogP contribution in [0.1, 0.15) is 40.2 Å². The normalized spacial score (nSPS) is 13.9. The van der Waals surface area contributed by atoms with E-state index in [4.69, 9.17) is 4.52 Å². The number of aryl methyl sites for hydroxylation is 2. The van der Waals surface area contributed by atoms with Gasteiger partial charge in [-0.1, -0.05) is 17.3 Å². The Bertz CT molecular complexity index is 767.